The molecule has 0 amide bonds. The molecule has 2 aromatic rings. The van der Waals surface area contributed by atoms with Crippen LogP contribution in [0.25, 0.3) is 11.1 Å². The smallest absolute Gasteiger partial charge is 0.306 e. The Labute approximate surface area is 176 Å². The third-order valence-corrected chi connectivity index (χ3v) is 6.68. The lowest BCUT2D eigenvalue weighted by atomic mass is 9.77. The number of hydrogen-bond acceptors (Lipinski definition) is 3. The second-order valence-corrected chi connectivity index (χ2v) is 10.2. The zero-order valence-electron chi connectivity index (χ0n) is 18.0. The highest BCUT2D eigenvalue weighted by molar-refractivity contribution is 7.86. The van der Waals surface area contributed by atoms with E-state index < -0.39 is 10.1 Å². The number of benzene rings is 2. The first-order valence-electron chi connectivity index (χ1n) is 11.0. The molecular formula is C25H34O3S. The van der Waals surface area contributed by atoms with Crippen LogP contribution in [0.15, 0.2) is 42.5 Å². The minimum Gasteiger partial charge on any atom is -0.382 e. The Hall–Kier alpha value is -1.81. The molecule has 0 radical (unpaired) electrons. The molecule has 4 heteroatoms. The highest BCUT2D eigenvalue weighted by atomic mass is 32.2. The van der Waals surface area contributed by atoms with E-state index in [0.29, 0.717) is 11.7 Å². The largest absolute Gasteiger partial charge is 0.382 e. The van der Waals surface area contributed by atoms with Crippen molar-refractivity contribution < 1.29 is 12.6 Å². The molecule has 0 saturated heterocycles. The molecule has 1 aliphatic rings. The van der Waals surface area contributed by atoms with E-state index in [9.17, 15) is 8.42 Å². The van der Waals surface area contributed by atoms with Gasteiger partial charge in [-0.25, -0.2) is 0 Å². The zero-order valence-corrected chi connectivity index (χ0v) is 18.8. The summed E-state index contributed by atoms with van der Waals surface area (Å²) in [6.07, 6.45) is 11.9. The Balaban J connectivity index is 1.61. The van der Waals surface area contributed by atoms with Gasteiger partial charge in [0.05, 0.1) is 6.26 Å². The van der Waals surface area contributed by atoms with Gasteiger partial charge in [0.25, 0.3) is 0 Å². The van der Waals surface area contributed by atoms with E-state index in [2.05, 4.69) is 31.2 Å². The number of rotatable bonds is 8. The molecule has 1 aliphatic carbocycles. The molecule has 0 N–H and O–H groups in total. The van der Waals surface area contributed by atoms with Gasteiger partial charge in [-0.05, 0) is 78.8 Å². The monoisotopic (exact) mass is 414 g/mol. The van der Waals surface area contributed by atoms with Gasteiger partial charge in [0.2, 0.25) is 0 Å². The van der Waals surface area contributed by atoms with Gasteiger partial charge in [0, 0.05) is 0 Å². The third kappa shape index (κ3) is 6.33. The first-order chi connectivity index (χ1) is 13.9. The van der Waals surface area contributed by atoms with Crippen LogP contribution in [0.2, 0.25) is 0 Å². The summed E-state index contributed by atoms with van der Waals surface area (Å²) in [6.45, 7) is 4.15. The minimum absolute atomic E-state index is 0.392. The SMILES string of the molecule is CCCCCC1CCC(c2ccc(-c3ccc(OS(C)(=O)=O)c(C)c3)cc2)CC1. The van der Waals surface area contributed by atoms with Crippen LogP contribution >= 0.6 is 0 Å². The van der Waals surface area contributed by atoms with Crippen LogP contribution in [0.3, 0.4) is 0 Å². The molecule has 3 rings (SSSR count). The fraction of sp³-hybridized carbons (Fsp3) is 0.520. The van der Waals surface area contributed by atoms with Crippen LogP contribution < -0.4 is 4.18 Å². The molecule has 0 bridgehead atoms. The number of aryl methyl sites for hydroxylation is 1. The summed E-state index contributed by atoms with van der Waals surface area (Å²) in [4.78, 5) is 0. The van der Waals surface area contributed by atoms with Crippen molar-refractivity contribution in [2.24, 2.45) is 5.92 Å². The summed E-state index contributed by atoms with van der Waals surface area (Å²) < 4.78 is 27.8. The Kier molecular flexibility index (Phi) is 7.39. The van der Waals surface area contributed by atoms with Crippen LogP contribution in [0.5, 0.6) is 5.75 Å². The molecule has 1 saturated carbocycles. The average molecular weight is 415 g/mol. The van der Waals surface area contributed by atoms with E-state index in [1.165, 1.54) is 56.9 Å². The minimum atomic E-state index is -3.51. The Morgan fingerprint density at radius 1 is 0.931 bits per heavy atom. The molecule has 29 heavy (non-hydrogen) atoms. The molecule has 158 valence electrons. The molecule has 0 aromatic heterocycles. The van der Waals surface area contributed by atoms with Gasteiger partial charge in [-0.2, -0.15) is 8.42 Å². The molecule has 3 nitrogen and oxygen atoms in total. The summed E-state index contributed by atoms with van der Waals surface area (Å²) in [5, 5.41) is 0. The Morgan fingerprint density at radius 2 is 1.59 bits per heavy atom. The van der Waals surface area contributed by atoms with Crippen molar-refractivity contribution in [1.29, 1.82) is 0 Å². The van der Waals surface area contributed by atoms with Gasteiger partial charge in [-0.3, -0.25) is 0 Å². The van der Waals surface area contributed by atoms with Gasteiger partial charge in [-0.15, -0.1) is 0 Å². The van der Waals surface area contributed by atoms with Crippen molar-refractivity contribution >= 4 is 10.1 Å². The third-order valence-electron chi connectivity index (χ3n) is 6.19. The fourth-order valence-corrected chi connectivity index (χ4v) is 5.01. The average Bonchev–Trinajstić information content (AvgIpc) is 2.69. The van der Waals surface area contributed by atoms with Gasteiger partial charge < -0.3 is 4.18 Å². The molecule has 0 spiro atoms. The first-order valence-corrected chi connectivity index (χ1v) is 12.8. The summed E-state index contributed by atoms with van der Waals surface area (Å²) >= 11 is 0. The van der Waals surface area contributed by atoms with Gasteiger partial charge >= 0.3 is 10.1 Å². The van der Waals surface area contributed by atoms with E-state index in [0.717, 1.165) is 28.9 Å². The summed E-state index contributed by atoms with van der Waals surface area (Å²) in [6, 6.07) is 14.6. The molecule has 0 heterocycles. The predicted octanol–water partition coefficient (Wildman–Crippen LogP) is 6.85. The highest BCUT2D eigenvalue weighted by Crippen LogP contribution is 2.38. The Bertz CT molecular complexity index is 892. The lowest BCUT2D eigenvalue weighted by Gasteiger charge is -2.29. The lowest BCUT2D eigenvalue weighted by molar-refractivity contribution is 0.303. The van der Waals surface area contributed by atoms with Crippen molar-refractivity contribution in [2.45, 2.75) is 71.1 Å². The van der Waals surface area contributed by atoms with E-state index in [1.807, 2.05) is 19.1 Å². The van der Waals surface area contributed by atoms with Crippen LogP contribution in [0.1, 0.15) is 75.3 Å². The number of unbranched alkanes of at least 4 members (excludes halogenated alkanes) is 2. The summed E-state index contributed by atoms with van der Waals surface area (Å²) in [5.41, 5.74) is 4.50. The number of hydrogen-bond donors (Lipinski definition) is 0. The van der Waals surface area contributed by atoms with Crippen molar-refractivity contribution in [3.63, 3.8) is 0 Å². The maximum Gasteiger partial charge on any atom is 0.306 e. The molecular weight excluding hydrogens is 380 g/mol. The van der Waals surface area contributed by atoms with Crippen LogP contribution in [-0.4, -0.2) is 14.7 Å². The van der Waals surface area contributed by atoms with Gasteiger partial charge in [0.15, 0.2) is 0 Å². The van der Waals surface area contributed by atoms with Crippen molar-refractivity contribution in [3.8, 4) is 16.9 Å². The van der Waals surface area contributed by atoms with Gasteiger partial charge in [-0.1, -0.05) is 62.9 Å². The fourth-order valence-electron chi connectivity index (χ4n) is 4.50. The zero-order chi connectivity index (χ0) is 20.9. The van der Waals surface area contributed by atoms with Crippen molar-refractivity contribution in [1.82, 2.24) is 0 Å². The first kappa shape index (κ1) is 21.9. The second-order valence-electron chi connectivity index (χ2n) is 8.60. The normalized spacial score (nSPS) is 19.8. The molecule has 1 fully saturated rings. The van der Waals surface area contributed by atoms with E-state index in [-0.39, 0.29) is 0 Å². The van der Waals surface area contributed by atoms with E-state index >= 15 is 0 Å². The topological polar surface area (TPSA) is 43.4 Å². The van der Waals surface area contributed by atoms with Crippen molar-refractivity contribution in [3.05, 3.63) is 53.6 Å². The maximum absolute atomic E-state index is 11.4. The maximum atomic E-state index is 11.4. The molecule has 2 aromatic carbocycles. The standard InChI is InChI=1S/C25H34O3S/c1-4-5-6-7-20-8-10-21(11-9-20)22-12-14-23(15-13-22)24-16-17-25(19(2)18-24)28-29(3,26)27/h12-18,20-21H,4-11H2,1-3H3. The van der Waals surface area contributed by atoms with Crippen molar-refractivity contribution in [2.75, 3.05) is 6.26 Å². The lowest BCUT2D eigenvalue weighted by Crippen LogP contribution is -2.13. The van der Waals surface area contributed by atoms with Crippen LogP contribution in [0, 0.1) is 12.8 Å². The molecule has 0 atom stereocenters. The van der Waals surface area contributed by atoms with E-state index in [1.54, 1.807) is 6.07 Å². The Morgan fingerprint density at radius 3 is 2.17 bits per heavy atom. The summed E-state index contributed by atoms with van der Waals surface area (Å²) in [7, 11) is -3.51. The predicted molar refractivity (Wildman–Crippen MR) is 121 cm³/mol. The van der Waals surface area contributed by atoms with E-state index in [4.69, 9.17) is 4.18 Å². The summed E-state index contributed by atoms with van der Waals surface area (Å²) in [5.74, 6) is 2.02. The highest BCUT2D eigenvalue weighted by Gasteiger charge is 2.22. The quantitative estimate of drug-likeness (QED) is 0.350. The molecule has 0 unspecified atom stereocenters. The van der Waals surface area contributed by atoms with Crippen LogP contribution in [0.4, 0.5) is 0 Å². The second kappa shape index (κ2) is 9.80. The van der Waals surface area contributed by atoms with Gasteiger partial charge in [0.1, 0.15) is 5.75 Å². The molecule has 0 aliphatic heterocycles. The van der Waals surface area contributed by atoms with Crippen LogP contribution in [-0.2, 0) is 10.1 Å².